The third-order valence-electron chi connectivity index (χ3n) is 3.52. The van der Waals surface area contributed by atoms with Crippen LogP contribution in [0.5, 0.6) is 0 Å². The van der Waals surface area contributed by atoms with Crippen LogP contribution in [0.4, 0.5) is 5.69 Å². The second kappa shape index (κ2) is 7.20. The fourth-order valence-electron chi connectivity index (χ4n) is 2.12. The van der Waals surface area contributed by atoms with E-state index in [4.69, 9.17) is 0 Å². The summed E-state index contributed by atoms with van der Waals surface area (Å²) in [6.07, 6.45) is 4.86. The van der Waals surface area contributed by atoms with Gasteiger partial charge < -0.3 is 10.2 Å². The van der Waals surface area contributed by atoms with Crippen molar-refractivity contribution in [2.45, 2.75) is 37.3 Å². The Labute approximate surface area is 127 Å². The van der Waals surface area contributed by atoms with Gasteiger partial charge in [0.1, 0.15) is 0 Å². The summed E-state index contributed by atoms with van der Waals surface area (Å²) in [5.41, 5.74) is 0.558. The van der Waals surface area contributed by atoms with Gasteiger partial charge in [0.05, 0.1) is 5.69 Å². The molecule has 1 saturated carbocycles. The molecule has 1 heterocycles. The van der Waals surface area contributed by atoms with E-state index in [2.05, 4.69) is 19.9 Å². The molecule has 0 aromatic carbocycles. The molecule has 2 N–H and O–H groups in total. The Hall–Kier alpha value is -1.18. The molecule has 7 heteroatoms. The zero-order valence-electron chi connectivity index (χ0n) is 12.7. The highest BCUT2D eigenvalue weighted by molar-refractivity contribution is 7.89. The van der Waals surface area contributed by atoms with Gasteiger partial charge in [0.25, 0.3) is 10.0 Å². The molecule has 1 aromatic rings. The van der Waals surface area contributed by atoms with Crippen LogP contribution in [0.25, 0.3) is 0 Å². The molecule has 1 aliphatic rings. The molecule has 0 spiro atoms. The first-order valence-corrected chi connectivity index (χ1v) is 8.91. The van der Waals surface area contributed by atoms with Crippen LogP contribution in [0.3, 0.4) is 0 Å². The Balaban J connectivity index is 1.97. The summed E-state index contributed by atoms with van der Waals surface area (Å²) in [6.45, 7) is 3.87. The van der Waals surface area contributed by atoms with Gasteiger partial charge in [0.2, 0.25) is 0 Å². The molecule has 0 bridgehead atoms. The minimum atomic E-state index is -3.57. The first kappa shape index (κ1) is 16.2. The zero-order chi connectivity index (χ0) is 15.3. The highest BCUT2D eigenvalue weighted by Crippen LogP contribution is 2.24. The number of aromatic nitrogens is 1. The highest BCUT2D eigenvalue weighted by atomic mass is 32.2. The summed E-state index contributed by atoms with van der Waals surface area (Å²) in [5, 5.41) is 3.18. The minimum absolute atomic E-state index is 0.0764. The van der Waals surface area contributed by atoms with Gasteiger partial charge in [-0.15, -0.1) is 0 Å². The summed E-state index contributed by atoms with van der Waals surface area (Å²) in [6, 6.07) is 4.11. The second-order valence-corrected chi connectivity index (χ2v) is 7.07. The maximum Gasteiger partial charge on any atom is 0.260 e. The predicted molar refractivity (Wildman–Crippen MR) is 83.9 cm³/mol. The van der Waals surface area contributed by atoms with E-state index in [1.807, 2.05) is 14.0 Å². The third kappa shape index (κ3) is 4.66. The Bertz CT molecular complexity index is 558. The van der Waals surface area contributed by atoms with Crippen LogP contribution < -0.4 is 10.0 Å². The summed E-state index contributed by atoms with van der Waals surface area (Å²) in [4.78, 5) is 6.21. The molecular formula is C14H24N4O2S. The highest BCUT2D eigenvalue weighted by Gasteiger charge is 2.26. The lowest BCUT2D eigenvalue weighted by Gasteiger charge is -2.16. The molecule has 1 aromatic heterocycles. The minimum Gasteiger partial charge on any atom is -0.383 e. The summed E-state index contributed by atoms with van der Waals surface area (Å²) in [5.74, 6) is 0. The fraction of sp³-hybridized carbons (Fsp3) is 0.643. The van der Waals surface area contributed by atoms with Gasteiger partial charge >= 0.3 is 0 Å². The van der Waals surface area contributed by atoms with E-state index in [0.717, 1.165) is 13.0 Å². The van der Waals surface area contributed by atoms with Gasteiger partial charge in [-0.05, 0) is 38.4 Å². The molecule has 2 rings (SSSR count). The Morgan fingerprint density at radius 2 is 2.14 bits per heavy atom. The lowest BCUT2D eigenvalue weighted by molar-refractivity contribution is 0.329. The van der Waals surface area contributed by atoms with Crippen molar-refractivity contribution in [3.63, 3.8) is 0 Å². The number of nitrogens with one attached hydrogen (secondary N) is 2. The maximum atomic E-state index is 12.4. The topological polar surface area (TPSA) is 74.3 Å². The van der Waals surface area contributed by atoms with Gasteiger partial charge in [-0.1, -0.05) is 6.92 Å². The molecule has 1 aliphatic carbocycles. The van der Waals surface area contributed by atoms with Gasteiger partial charge in [-0.3, -0.25) is 0 Å². The van der Waals surface area contributed by atoms with Crippen molar-refractivity contribution in [3.05, 3.63) is 18.3 Å². The van der Waals surface area contributed by atoms with Crippen molar-refractivity contribution in [2.24, 2.45) is 0 Å². The number of hydrogen-bond donors (Lipinski definition) is 2. The van der Waals surface area contributed by atoms with Gasteiger partial charge in [-0.25, -0.2) is 18.1 Å². The summed E-state index contributed by atoms with van der Waals surface area (Å²) in [7, 11) is -1.54. The van der Waals surface area contributed by atoms with Crippen LogP contribution in [0.15, 0.2) is 23.4 Å². The zero-order valence-corrected chi connectivity index (χ0v) is 13.5. The Morgan fingerprint density at radius 3 is 2.81 bits per heavy atom. The number of sulfonamides is 1. The molecule has 0 radical (unpaired) electrons. The summed E-state index contributed by atoms with van der Waals surface area (Å²) >= 11 is 0. The molecule has 118 valence electrons. The van der Waals surface area contributed by atoms with E-state index in [-0.39, 0.29) is 5.03 Å². The van der Waals surface area contributed by atoms with Crippen molar-refractivity contribution in [3.8, 4) is 0 Å². The number of pyridine rings is 1. The summed E-state index contributed by atoms with van der Waals surface area (Å²) < 4.78 is 27.3. The molecule has 0 amide bonds. The normalized spacial score (nSPS) is 15.4. The van der Waals surface area contributed by atoms with Crippen LogP contribution in [-0.2, 0) is 10.0 Å². The van der Waals surface area contributed by atoms with E-state index in [1.165, 1.54) is 19.0 Å². The number of nitrogens with zero attached hydrogens (tertiary/aromatic N) is 2. The van der Waals surface area contributed by atoms with Crippen LogP contribution in [0.2, 0.25) is 0 Å². The monoisotopic (exact) mass is 312 g/mol. The van der Waals surface area contributed by atoms with Crippen LogP contribution >= 0.6 is 0 Å². The lowest BCUT2D eigenvalue weighted by atomic mass is 10.4. The molecule has 0 saturated heterocycles. The van der Waals surface area contributed by atoms with E-state index in [9.17, 15) is 8.42 Å². The Kier molecular flexibility index (Phi) is 5.55. The van der Waals surface area contributed by atoms with Crippen molar-refractivity contribution in [1.29, 1.82) is 0 Å². The molecule has 0 aliphatic heterocycles. The molecule has 6 nitrogen and oxygen atoms in total. The number of likely N-dealkylation sites (N-methyl/N-ethyl adjacent to an activating group) is 1. The molecule has 0 atom stereocenters. The molecule has 1 fully saturated rings. The predicted octanol–water partition coefficient (Wildman–Crippen LogP) is 1.28. The van der Waals surface area contributed by atoms with E-state index >= 15 is 0 Å². The average molecular weight is 312 g/mol. The van der Waals surface area contributed by atoms with Gasteiger partial charge in [0, 0.05) is 31.9 Å². The first-order valence-electron chi connectivity index (χ1n) is 7.43. The average Bonchev–Trinajstić information content (AvgIpc) is 3.29. The van der Waals surface area contributed by atoms with Gasteiger partial charge in [-0.2, -0.15) is 0 Å². The van der Waals surface area contributed by atoms with Crippen molar-refractivity contribution >= 4 is 15.7 Å². The molecule has 0 unspecified atom stereocenters. The number of rotatable bonds is 9. The van der Waals surface area contributed by atoms with E-state index in [0.29, 0.717) is 24.8 Å². The number of anilines is 1. The smallest absolute Gasteiger partial charge is 0.260 e. The van der Waals surface area contributed by atoms with Crippen molar-refractivity contribution in [1.82, 2.24) is 14.6 Å². The van der Waals surface area contributed by atoms with Crippen molar-refractivity contribution in [2.75, 3.05) is 32.0 Å². The number of hydrogen-bond acceptors (Lipinski definition) is 5. The fourth-order valence-corrected chi connectivity index (χ4v) is 3.25. The molecular weight excluding hydrogens is 288 g/mol. The Morgan fingerprint density at radius 1 is 1.38 bits per heavy atom. The van der Waals surface area contributed by atoms with Crippen LogP contribution in [0, 0.1) is 0 Å². The molecule has 21 heavy (non-hydrogen) atoms. The first-order chi connectivity index (χ1) is 10.0. The second-order valence-electron chi connectivity index (χ2n) is 5.39. The third-order valence-corrected chi connectivity index (χ3v) is 4.94. The van der Waals surface area contributed by atoms with Gasteiger partial charge in [0.15, 0.2) is 5.03 Å². The van der Waals surface area contributed by atoms with Crippen LogP contribution in [-0.4, -0.2) is 51.0 Å². The van der Waals surface area contributed by atoms with E-state index < -0.39 is 10.0 Å². The standard InChI is InChI=1S/C14H24N4O2S/c1-3-8-15-13-5-4-9-16-14(13)21(19,20)17-10-11-18(2)12-6-7-12/h4-5,9,12,15,17H,3,6-8,10-11H2,1-2H3. The quantitative estimate of drug-likeness (QED) is 0.718. The maximum absolute atomic E-state index is 12.4. The largest absolute Gasteiger partial charge is 0.383 e. The van der Waals surface area contributed by atoms with Crippen molar-refractivity contribution < 1.29 is 8.42 Å². The lowest BCUT2D eigenvalue weighted by Crippen LogP contribution is -2.34. The van der Waals surface area contributed by atoms with E-state index in [1.54, 1.807) is 12.1 Å². The SMILES string of the molecule is CCCNc1cccnc1S(=O)(=O)NCCN(C)C1CC1. The van der Waals surface area contributed by atoms with Crippen LogP contribution in [0.1, 0.15) is 26.2 Å².